The van der Waals surface area contributed by atoms with Crippen molar-refractivity contribution in [2.24, 2.45) is 0 Å². The van der Waals surface area contributed by atoms with Gasteiger partial charge in [0.2, 0.25) is 0 Å². The molecular weight excluding hydrogens is 914 g/mol. The number of anilines is 9. The van der Waals surface area contributed by atoms with E-state index in [-0.39, 0.29) is 39.2 Å². The maximum Gasteiger partial charge on any atom is 0.297 e. The fourth-order valence-electron chi connectivity index (χ4n) is 13.7. The van der Waals surface area contributed by atoms with E-state index in [1.165, 1.54) is 73.4 Å². The van der Waals surface area contributed by atoms with Gasteiger partial charge in [-0.2, -0.15) is 0 Å². The number of hydrogen-bond donors (Lipinski definition) is 0. The van der Waals surface area contributed by atoms with Crippen LogP contribution in [-0.2, 0) is 32.5 Å². The first-order chi connectivity index (χ1) is 35.3. The van der Waals surface area contributed by atoms with Crippen molar-refractivity contribution < 1.29 is 9.15 Å². The Morgan fingerprint density at radius 3 is 1.51 bits per heavy atom. The van der Waals surface area contributed by atoms with Crippen LogP contribution in [0.1, 0.15) is 162 Å². The van der Waals surface area contributed by atoms with E-state index in [4.69, 9.17) is 9.15 Å². The topological polar surface area (TPSA) is 32.1 Å². The molecule has 4 heterocycles. The third kappa shape index (κ3) is 7.16. The quantitative estimate of drug-likeness (QED) is 0.165. The van der Waals surface area contributed by atoms with Gasteiger partial charge < -0.3 is 23.9 Å². The van der Waals surface area contributed by atoms with Gasteiger partial charge in [-0.1, -0.05) is 152 Å². The SMILES string of the molecule is Cc1cc2c(cc1N1c3cc4c(cc3B3c5oc6ccc(C(C)(C)C)cc6c5N(c5ccc(C(C)(C)C)cc5)c5cc(N6c7ccccc7Oc7ccccc76)cc1c53)C(C)(C)CCC4(C)C)C(C)(C)CCC2(C)C. The smallest absolute Gasteiger partial charge is 0.297 e. The zero-order valence-electron chi connectivity index (χ0n) is 47.2. The lowest BCUT2D eigenvalue weighted by Gasteiger charge is -2.48. The van der Waals surface area contributed by atoms with Crippen LogP contribution >= 0.6 is 0 Å². The molecule has 0 fully saturated rings. The summed E-state index contributed by atoms with van der Waals surface area (Å²) in [5.41, 5.74) is 24.2. The number of nitrogens with zero attached hydrogens (tertiary/aromatic N) is 3. The average molecular weight is 988 g/mol. The number of aryl methyl sites for hydroxylation is 1. The molecule has 5 nitrogen and oxygen atoms in total. The molecule has 8 aromatic rings. The van der Waals surface area contributed by atoms with Crippen LogP contribution < -0.4 is 36.0 Å². The zero-order chi connectivity index (χ0) is 52.7. The van der Waals surface area contributed by atoms with Gasteiger partial charge in [0, 0.05) is 33.8 Å². The van der Waals surface area contributed by atoms with Gasteiger partial charge in [0.05, 0.1) is 28.4 Å². The molecule has 13 rings (SSSR count). The Morgan fingerprint density at radius 1 is 0.453 bits per heavy atom. The lowest BCUT2D eigenvalue weighted by molar-refractivity contribution is 0.331. The van der Waals surface area contributed by atoms with Gasteiger partial charge in [-0.25, -0.2) is 0 Å². The highest BCUT2D eigenvalue weighted by molar-refractivity contribution is 7.00. The normalized spacial score (nSPS) is 18.3. The lowest BCUT2D eigenvalue weighted by Crippen LogP contribution is -2.61. The predicted octanol–water partition coefficient (Wildman–Crippen LogP) is 17.7. The first-order valence-electron chi connectivity index (χ1n) is 27.8. The maximum atomic E-state index is 7.57. The van der Waals surface area contributed by atoms with Crippen molar-refractivity contribution in [2.45, 2.75) is 162 Å². The Bertz CT molecular complexity index is 3660. The largest absolute Gasteiger partial charge is 0.468 e. The van der Waals surface area contributed by atoms with E-state index in [0.717, 1.165) is 81.5 Å². The van der Waals surface area contributed by atoms with Crippen molar-refractivity contribution in [3.8, 4) is 11.5 Å². The van der Waals surface area contributed by atoms with E-state index in [9.17, 15) is 0 Å². The van der Waals surface area contributed by atoms with Crippen LogP contribution in [0.15, 0.2) is 132 Å². The second-order valence-corrected chi connectivity index (χ2v) is 27.6. The van der Waals surface area contributed by atoms with Crippen LogP contribution in [0.2, 0.25) is 0 Å². The van der Waals surface area contributed by atoms with E-state index < -0.39 is 0 Å². The highest BCUT2D eigenvalue weighted by atomic mass is 16.5. The number of para-hydroxylation sites is 4. The number of benzene rings is 7. The summed E-state index contributed by atoms with van der Waals surface area (Å²) in [5.74, 6) is 1.67. The van der Waals surface area contributed by atoms with Crippen molar-refractivity contribution in [1.29, 1.82) is 0 Å². The van der Waals surface area contributed by atoms with Gasteiger partial charge in [0.15, 0.2) is 11.5 Å². The molecule has 0 atom stereocenters. The summed E-state index contributed by atoms with van der Waals surface area (Å²) >= 11 is 0. The molecule has 0 bridgehead atoms. The van der Waals surface area contributed by atoms with Gasteiger partial charge in [-0.05, 0) is 188 Å². The molecule has 0 amide bonds. The van der Waals surface area contributed by atoms with Crippen molar-refractivity contribution in [1.82, 2.24) is 0 Å². The number of furan rings is 1. The molecule has 0 radical (unpaired) electrons. The fraction of sp³-hybridized carbons (Fsp3) is 0.362. The molecule has 0 spiro atoms. The minimum Gasteiger partial charge on any atom is -0.468 e. The summed E-state index contributed by atoms with van der Waals surface area (Å²) in [7, 11) is 0. The van der Waals surface area contributed by atoms with Gasteiger partial charge in [0.1, 0.15) is 5.58 Å². The molecule has 5 aliphatic rings. The van der Waals surface area contributed by atoms with Gasteiger partial charge >= 0.3 is 0 Å². The molecule has 0 unspecified atom stereocenters. The molecule has 0 N–H and O–H groups in total. The first-order valence-corrected chi connectivity index (χ1v) is 27.8. The fourth-order valence-corrected chi connectivity index (χ4v) is 13.7. The van der Waals surface area contributed by atoms with Crippen LogP contribution in [0.25, 0.3) is 11.0 Å². The number of hydrogen-bond acceptors (Lipinski definition) is 5. The second-order valence-electron chi connectivity index (χ2n) is 27.6. The summed E-state index contributed by atoms with van der Waals surface area (Å²) < 4.78 is 14.3. The Kier molecular flexibility index (Phi) is 10.1. The zero-order valence-corrected chi connectivity index (χ0v) is 47.2. The monoisotopic (exact) mass is 988 g/mol. The summed E-state index contributed by atoms with van der Waals surface area (Å²) in [6.07, 6.45) is 4.56. The van der Waals surface area contributed by atoms with E-state index in [1.54, 1.807) is 0 Å². The number of rotatable bonds is 3. The molecule has 6 heteroatoms. The third-order valence-corrected chi connectivity index (χ3v) is 18.6. The summed E-state index contributed by atoms with van der Waals surface area (Å²) in [5, 5.41) is 1.13. The van der Waals surface area contributed by atoms with Crippen LogP contribution in [0.3, 0.4) is 0 Å². The Hall–Kier alpha value is -6.66. The molecule has 1 aromatic heterocycles. The van der Waals surface area contributed by atoms with Gasteiger partial charge in [0.25, 0.3) is 6.71 Å². The van der Waals surface area contributed by atoms with Crippen LogP contribution in [0.5, 0.6) is 11.5 Å². The highest BCUT2D eigenvalue weighted by Gasteiger charge is 2.50. The second kappa shape index (κ2) is 15.7. The maximum absolute atomic E-state index is 7.57. The van der Waals surface area contributed by atoms with Crippen molar-refractivity contribution in [3.63, 3.8) is 0 Å². The van der Waals surface area contributed by atoms with Crippen LogP contribution in [-0.4, -0.2) is 6.71 Å². The average Bonchev–Trinajstić information content (AvgIpc) is 3.79. The highest BCUT2D eigenvalue weighted by Crippen LogP contribution is 2.57. The molecule has 75 heavy (non-hydrogen) atoms. The van der Waals surface area contributed by atoms with Crippen LogP contribution in [0, 0.1) is 6.92 Å². The molecule has 3 aliphatic heterocycles. The molecule has 0 saturated heterocycles. The summed E-state index contributed by atoms with van der Waals surface area (Å²) in [6, 6.07) is 48.8. The summed E-state index contributed by atoms with van der Waals surface area (Å²) in [4.78, 5) is 7.71. The molecule has 2 aliphatic carbocycles. The lowest BCUT2D eigenvalue weighted by atomic mass is 9.35. The standard InChI is InChI=1S/C69H74BN3O2/c1-41-34-47-49(68(12,13)32-30-66(47,8)9)39-54(41)73-55-40-50-48(67(10,11)31-33-69(50,14)15)38-51(55)70-61-56(36-45(37-57(61)73)71-52-20-16-18-22-59(52)74-60-23-19-17-21-53(60)71)72(44-27-24-42(25-28-44)64(2,3)4)62-46-35-43(65(5,6)7)26-29-58(46)75-63(62)70/h16-29,34-40H,30-33H2,1-15H3. The number of ether oxygens (including phenoxy) is 1. The predicted molar refractivity (Wildman–Crippen MR) is 318 cm³/mol. The van der Waals surface area contributed by atoms with E-state index in [1.807, 2.05) is 0 Å². The van der Waals surface area contributed by atoms with E-state index in [0.29, 0.717) is 0 Å². The van der Waals surface area contributed by atoms with Gasteiger partial charge in [-0.15, -0.1) is 0 Å². The minimum atomic E-state index is -0.204. The van der Waals surface area contributed by atoms with Crippen molar-refractivity contribution >= 4 is 85.5 Å². The molecular formula is C69H74BN3O2. The van der Waals surface area contributed by atoms with Crippen LogP contribution in [0.4, 0.5) is 51.2 Å². The van der Waals surface area contributed by atoms with E-state index in [2.05, 4.69) is 246 Å². The van der Waals surface area contributed by atoms with Crippen molar-refractivity contribution in [3.05, 3.63) is 166 Å². The van der Waals surface area contributed by atoms with Gasteiger partial charge in [-0.3, -0.25) is 0 Å². The molecule has 7 aromatic carbocycles. The Morgan fingerprint density at radius 2 is 0.947 bits per heavy atom. The minimum absolute atomic E-state index is 0.00389. The van der Waals surface area contributed by atoms with E-state index >= 15 is 0 Å². The Labute approximate surface area is 447 Å². The first kappa shape index (κ1) is 48.0. The Balaban J connectivity index is 1.21. The third-order valence-electron chi connectivity index (χ3n) is 18.6. The number of fused-ring (bicyclic) bond motifs is 10. The molecule has 0 saturated carbocycles. The summed E-state index contributed by atoms with van der Waals surface area (Å²) in [6.45, 7) is 35.8. The molecule has 380 valence electrons. The van der Waals surface area contributed by atoms with Crippen molar-refractivity contribution in [2.75, 3.05) is 14.7 Å².